The summed E-state index contributed by atoms with van der Waals surface area (Å²) in [6, 6.07) is 0. The van der Waals surface area contributed by atoms with E-state index in [1.165, 1.54) is 0 Å². The van der Waals surface area contributed by atoms with Crippen LogP contribution >= 0.6 is 0 Å². The molecule has 68 valence electrons. The predicted molar refractivity (Wildman–Crippen MR) is 45.1 cm³/mol. The predicted octanol–water partition coefficient (Wildman–Crippen LogP) is 1.70. The van der Waals surface area contributed by atoms with Crippen molar-refractivity contribution in [3.05, 3.63) is 0 Å². The lowest BCUT2D eigenvalue weighted by Gasteiger charge is -2.06. The lowest BCUT2D eigenvalue weighted by molar-refractivity contribution is 0.460. The number of rotatable bonds is 5. The van der Waals surface area contributed by atoms with E-state index in [0.717, 1.165) is 12.8 Å². The molecule has 0 aromatic carbocycles. The van der Waals surface area contributed by atoms with E-state index >= 15 is 0 Å². The molecule has 1 atom stereocenters. The third kappa shape index (κ3) is 7.81. The molecule has 0 rings (SSSR count). The van der Waals surface area contributed by atoms with Gasteiger partial charge in [-0.15, -0.1) is 0 Å². The van der Waals surface area contributed by atoms with Crippen molar-refractivity contribution in [3.8, 4) is 0 Å². The van der Waals surface area contributed by atoms with Gasteiger partial charge in [-0.1, -0.05) is 26.7 Å². The van der Waals surface area contributed by atoms with E-state index in [-0.39, 0.29) is 5.75 Å². The Bertz CT molecular complexity index is 184. The van der Waals surface area contributed by atoms with Crippen molar-refractivity contribution in [2.45, 2.75) is 33.1 Å². The SMILES string of the molecule is CCC[C@@H](C)CCS(=O)(=O)O. The van der Waals surface area contributed by atoms with Crippen LogP contribution in [0.4, 0.5) is 0 Å². The van der Waals surface area contributed by atoms with Gasteiger partial charge in [-0.3, -0.25) is 4.55 Å². The Morgan fingerprint density at radius 1 is 1.36 bits per heavy atom. The van der Waals surface area contributed by atoms with Crippen LogP contribution in [0.3, 0.4) is 0 Å². The van der Waals surface area contributed by atoms with Crippen LogP contribution in [0.15, 0.2) is 0 Å². The van der Waals surface area contributed by atoms with Gasteiger partial charge in [0.1, 0.15) is 0 Å². The third-order valence-electron chi connectivity index (χ3n) is 1.65. The summed E-state index contributed by atoms with van der Waals surface area (Å²) in [5, 5.41) is 0. The van der Waals surface area contributed by atoms with Gasteiger partial charge in [-0.25, -0.2) is 0 Å². The van der Waals surface area contributed by atoms with Crippen LogP contribution in [0.25, 0.3) is 0 Å². The Morgan fingerprint density at radius 2 is 1.91 bits per heavy atom. The van der Waals surface area contributed by atoms with E-state index in [0.29, 0.717) is 12.3 Å². The molecule has 11 heavy (non-hydrogen) atoms. The molecule has 0 aromatic rings. The van der Waals surface area contributed by atoms with Gasteiger partial charge in [0.15, 0.2) is 0 Å². The Labute approximate surface area is 68.6 Å². The van der Waals surface area contributed by atoms with Crippen molar-refractivity contribution in [2.24, 2.45) is 5.92 Å². The highest BCUT2D eigenvalue weighted by molar-refractivity contribution is 7.85. The summed E-state index contributed by atoms with van der Waals surface area (Å²) in [5.74, 6) is 0.288. The summed E-state index contributed by atoms with van der Waals surface area (Å²) in [6.45, 7) is 4.05. The standard InChI is InChI=1S/C7H16O3S/c1-3-4-7(2)5-6-11(8,9)10/h7H,3-6H2,1-2H3,(H,8,9,10)/t7-/m1/s1. The average molecular weight is 180 g/mol. The molecule has 0 saturated heterocycles. The van der Waals surface area contributed by atoms with Crippen LogP contribution in [-0.4, -0.2) is 18.7 Å². The van der Waals surface area contributed by atoms with Crippen molar-refractivity contribution in [2.75, 3.05) is 5.75 Å². The van der Waals surface area contributed by atoms with E-state index in [1.54, 1.807) is 0 Å². The molecule has 0 unspecified atom stereocenters. The second-order valence-corrected chi connectivity index (χ2v) is 4.54. The van der Waals surface area contributed by atoms with Crippen LogP contribution in [-0.2, 0) is 10.1 Å². The van der Waals surface area contributed by atoms with E-state index in [1.807, 2.05) is 6.92 Å². The van der Waals surface area contributed by atoms with Crippen molar-refractivity contribution >= 4 is 10.1 Å². The maximum absolute atomic E-state index is 10.3. The fraction of sp³-hybridized carbons (Fsp3) is 1.00. The van der Waals surface area contributed by atoms with Crippen molar-refractivity contribution < 1.29 is 13.0 Å². The van der Waals surface area contributed by atoms with E-state index in [2.05, 4.69) is 6.92 Å². The highest BCUT2D eigenvalue weighted by Gasteiger charge is 2.07. The molecule has 1 N–H and O–H groups in total. The van der Waals surface area contributed by atoms with E-state index in [9.17, 15) is 8.42 Å². The molecule has 0 fully saturated rings. The molecule has 4 heteroatoms. The Morgan fingerprint density at radius 3 is 2.27 bits per heavy atom. The van der Waals surface area contributed by atoms with Gasteiger partial charge in [0, 0.05) is 0 Å². The van der Waals surface area contributed by atoms with Crippen LogP contribution < -0.4 is 0 Å². The van der Waals surface area contributed by atoms with Gasteiger partial charge in [-0.05, 0) is 12.3 Å². The quantitative estimate of drug-likeness (QED) is 0.655. The Kier molecular flexibility index (Phi) is 4.68. The minimum atomic E-state index is -3.74. The molecule has 0 heterocycles. The van der Waals surface area contributed by atoms with Crippen LogP contribution in [0.2, 0.25) is 0 Å². The van der Waals surface area contributed by atoms with Gasteiger partial charge in [0.2, 0.25) is 0 Å². The van der Waals surface area contributed by atoms with E-state index in [4.69, 9.17) is 4.55 Å². The summed E-state index contributed by atoms with van der Waals surface area (Å²) in [7, 11) is -3.74. The lowest BCUT2D eigenvalue weighted by Crippen LogP contribution is -2.07. The van der Waals surface area contributed by atoms with Gasteiger partial charge in [0.05, 0.1) is 5.75 Å². The maximum atomic E-state index is 10.3. The first-order valence-electron chi connectivity index (χ1n) is 3.91. The second-order valence-electron chi connectivity index (χ2n) is 2.97. The number of hydrogen-bond donors (Lipinski definition) is 1. The van der Waals surface area contributed by atoms with Crippen LogP contribution in [0, 0.1) is 5.92 Å². The highest BCUT2D eigenvalue weighted by atomic mass is 32.2. The Hall–Kier alpha value is -0.0900. The third-order valence-corrected chi connectivity index (χ3v) is 2.40. The van der Waals surface area contributed by atoms with Gasteiger partial charge >= 0.3 is 0 Å². The summed E-state index contributed by atoms with van der Waals surface area (Å²) in [4.78, 5) is 0. The first kappa shape index (κ1) is 10.9. The topological polar surface area (TPSA) is 54.4 Å². The number of hydrogen-bond acceptors (Lipinski definition) is 2. The van der Waals surface area contributed by atoms with Crippen molar-refractivity contribution in [1.82, 2.24) is 0 Å². The molecule has 0 aliphatic carbocycles. The molecular formula is C7H16O3S. The van der Waals surface area contributed by atoms with Crippen LogP contribution in [0.5, 0.6) is 0 Å². The molecule has 0 bridgehead atoms. The summed E-state index contributed by atoms with van der Waals surface area (Å²) in [6.07, 6.45) is 2.65. The minimum absolute atomic E-state index is 0.103. The monoisotopic (exact) mass is 180 g/mol. The maximum Gasteiger partial charge on any atom is 0.264 e. The molecule has 0 radical (unpaired) electrons. The molecule has 3 nitrogen and oxygen atoms in total. The fourth-order valence-corrected chi connectivity index (χ4v) is 1.69. The lowest BCUT2D eigenvalue weighted by atomic mass is 10.0. The van der Waals surface area contributed by atoms with Crippen molar-refractivity contribution in [1.29, 1.82) is 0 Å². The smallest absolute Gasteiger partial charge is 0.264 e. The zero-order valence-corrected chi connectivity index (χ0v) is 7.89. The fourth-order valence-electron chi connectivity index (χ4n) is 0.987. The molecule has 0 aromatic heterocycles. The Balaban J connectivity index is 3.54. The molecule has 0 spiro atoms. The van der Waals surface area contributed by atoms with Gasteiger partial charge in [0.25, 0.3) is 10.1 Å². The summed E-state index contributed by atoms with van der Waals surface area (Å²) in [5.41, 5.74) is 0. The molecular weight excluding hydrogens is 164 g/mol. The molecule has 0 saturated carbocycles. The van der Waals surface area contributed by atoms with Gasteiger partial charge < -0.3 is 0 Å². The largest absolute Gasteiger partial charge is 0.286 e. The second kappa shape index (κ2) is 4.72. The van der Waals surface area contributed by atoms with E-state index < -0.39 is 10.1 Å². The normalized spacial score (nSPS) is 14.8. The van der Waals surface area contributed by atoms with Crippen molar-refractivity contribution in [3.63, 3.8) is 0 Å². The summed E-state index contributed by atoms with van der Waals surface area (Å²) >= 11 is 0. The first-order valence-corrected chi connectivity index (χ1v) is 5.51. The zero-order chi connectivity index (χ0) is 8.91. The van der Waals surface area contributed by atoms with Crippen LogP contribution in [0.1, 0.15) is 33.1 Å². The molecule has 0 amide bonds. The average Bonchev–Trinajstić information content (AvgIpc) is 1.83. The van der Waals surface area contributed by atoms with Gasteiger partial charge in [-0.2, -0.15) is 8.42 Å². The first-order chi connectivity index (χ1) is 4.95. The summed E-state index contributed by atoms with van der Waals surface area (Å²) < 4.78 is 29.0. The minimum Gasteiger partial charge on any atom is -0.286 e. The molecule has 0 aliphatic rings. The highest BCUT2D eigenvalue weighted by Crippen LogP contribution is 2.10. The molecule has 0 aliphatic heterocycles. The zero-order valence-electron chi connectivity index (χ0n) is 7.08.